The fourth-order valence-electron chi connectivity index (χ4n) is 3.77. The van der Waals surface area contributed by atoms with Crippen molar-refractivity contribution in [3.05, 3.63) is 59.9 Å². The number of amides is 2. The van der Waals surface area contributed by atoms with E-state index in [0.29, 0.717) is 13.1 Å². The lowest BCUT2D eigenvalue weighted by molar-refractivity contribution is 0.108. The van der Waals surface area contributed by atoms with Gasteiger partial charge >= 0.3 is 6.03 Å². The zero-order valence-electron chi connectivity index (χ0n) is 17.1. The van der Waals surface area contributed by atoms with Crippen LogP contribution in [0.4, 0.5) is 4.79 Å². The fourth-order valence-corrected chi connectivity index (χ4v) is 3.77. The van der Waals surface area contributed by atoms with Crippen molar-refractivity contribution in [3.8, 4) is 0 Å². The Morgan fingerprint density at radius 2 is 1.75 bits per heavy atom. The fraction of sp³-hybridized carbons (Fsp3) is 0.500. The number of piperazine rings is 1. The maximum atomic E-state index is 12.3. The first kappa shape index (κ1) is 20.4. The highest BCUT2D eigenvalue weighted by Crippen LogP contribution is 2.21. The van der Waals surface area contributed by atoms with Crippen LogP contribution in [0.25, 0.3) is 0 Å². The van der Waals surface area contributed by atoms with Crippen LogP contribution in [0.3, 0.4) is 0 Å². The molecule has 1 saturated heterocycles. The number of nitrogens with one attached hydrogen (secondary N) is 2. The van der Waals surface area contributed by atoms with Crippen LogP contribution in [-0.4, -0.2) is 66.7 Å². The summed E-state index contributed by atoms with van der Waals surface area (Å²) in [6.07, 6.45) is 3.99. The molecule has 2 aromatic rings. The van der Waals surface area contributed by atoms with Crippen LogP contribution in [0.2, 0.25) is 0 Å². The van der Waals surface area contributed by atoms with Crippen molar-refractivity contribution >= 4 is 6.03 Å². The molecule has 0 aliphatic carbocycles. The van der Waals surface area contributed by atoms with Gasteiger partial charge in [0.2, 0.25) is 0 Å². The predicted octanol–water partition coefficient (Wildman–Crippen LogP) is 2.25. The standard InChI is InChI=1S/C22H33N5O/c1-25-14-16-27(17-15-25)21(20-11-7-13-26(20)2)18-24-22(28)23-12-6-10-19-8-4-3-5-9-19/h3-5,7-9,11,13,21H,6,10,12,14-18H2,1-2H3,(H2,23,24,28)/t21-/m0/s1. The van der Waals surface area contributed by atoms with Crippen molar-refractivity contribution in [1.29, 1.82) is 0 Å². The first-order chi connectivity index (χ1) is 13.6. The zero-order chi connectivity index (χ0) is 19.8. The van der Waals surface area contributed by atoms with E-state index in [1.54, 1.807) is 0 Å². The SMILES string of the molecule is CN1CCN([C@@H](CNC(=O)NCCCc2ccccc2)c2cccn2C)CC1. The minimum atomic E-state index is -0.0820. The molecule has 2 amide bonds. The topological polar surface area (TPSA) is 52.5 Å². The van der Waals surface area contributed by atoms with Gasteiger partial charge in [-0.1, -0.05) is 30.3 Å². The number of aryl methyl sites for hydroxylation is 2. The Labute approximate surface area is 168 Å². The molecule has 1 aliphatic heterocycles. The molecule has 0 radical (unpaired) electrons. The molecule has 6 nitrogen and oxygen atoms in total. The Morgan fingerprint density at radius 3 is 2.43 bits per heavy atom. The third-order valence-electron chi connectivity index (χ3n) is 5.53. The van der Waals surface area contributed by atoms with Crippen molar-refractivity contribution in [2.75, 3.05) is 46.3 Å². The Bertz CT molecular complexity index is 722. The van der Waals surface area contributed by atoms with Gasteiger partial charge in [-0.15, -0.1) is 0 Å². The number of benzene rings is 1. The number of hydrogen-bond acceptors (Lipinski definition) is 3. The number of rotatable bonds is 8. The third-order valence-corrected chi connectivity index (χ3v) is 5.53. The average Bonchev–Trinajstić information content (AvgIpc) is 3.13. The molecule has 2 heterocycles. The zero-order valence-corrected chi connectivity index (χ0v) is 17.1. The van der Waals surface area contributed by atoms with Gasteiger partial charge < -0.3 is 20.1 Å². The quantitative estimate of drug-likeness (QED) is 0.688. The summed E-state index contributed by atoms with van der Waals surface area (Å²) in [7, 11) is 4.23. The number of urea groups is 1. The molecule has 0 saturated carbocycles. The molecule has 6 heteroatoms. The lowest BCUT2D eigenvalue weighted by atomic mass is 10.1. The predicted molar refractivity (Wildman–Crippen MR) is 113 cm³/mol. The van der Waals surface area contributed by atoms with Gasteiger partial charge in [0.05, 0.1) is 6.04 Å². The van der Waals surface area contributed by atoms with Crippen LogP contribution in [0.5, 0.6) is 0 Å². The lowest BCUT2D eigenvalue weighted by Crippen LogP contribution is -2.49. The molecule has 2 N–H and O–H groups in total. The molecule has 1 aromatic heterocycles. The van der Waals surface area contributed by atoms with Gasteiger partial charge in [0, 0.05) is 58.2 Å². The monoisotopic (exact) mass is 383 g/mol. The lowest BCUT2D eigenvalue weighted by Gasteiger charge is -2.38. The molecule has 152 valence electrons. The summed E-state index contributed by atoms with van der Waals surface area (Å²) in [5.41, 5.74) is 2.55. The Kier molecular flexibility index (Phi) is 7.51. The number of carbonyl (C=O) groups is 1. The molecule has 1 aromatic carbocycles. The van der Waals surface area contributed by atoms with Crippen molar-refractivity contribution in [2.45, 2.75) is 18.9 Å². The van der Waals surface area contributed by atoms with E-state index in [2.05, 4.69) is 81.7 Å². The normalized spacial score (nSPS) is 16.6. The van der Waals surface area contributed by atoms with Gasteiger partial charge in [-0.05, 0) is 37.6 Å². The maximum Gasteiger partial charge on any atom is 0.314 e. The molecule has 28 heavy (non-hydrogen) atoms. The van der Waals surface area contributed by atoms with E-state index in [1.165, 1.54) is 11.3 Å². The van der Waals surface area contributed by atoms with Crippen LogP contribution >= 0.6 is 0 Å². The minimum absolute atomic E-state index is 0.0820. The summed E-state index contributed by atoms with van der Waals surface area (Å²) in [6.45, 7) is 5.47. The van der Waals surface area contributed by atoms with Gasteiger partial charge in [0.1, 0.15) is 0 Å². The molecule has 3 rings (SSSR count). The third kappa shape index (κ3) is 5.84. The van der Waals surface area contributed by atoms with E-state index in [9.17, 15) is 4.79 Å². The largest absolute Gasteiger partial charge is 0.353 e. The minimum Gasteiger partial charge on any atom is -0.353 e. The van der Waals surface area contributed by atoms with Crippen LogP contribution in [0, 0.1) is 0 Å². The smallest absolute Gasteiger partial charge is 0.314 e. The first-order valence-corrected chi connectivity index (χ1v) is 10.2. The molecule has 0 bridgehead atoms. The van der Waals surface area contributed by atoms with Gasteiger partial charge in [-0.2, -0.15) is 0 Å². The Hall–Kier alpha value is -2.31. The van der Waals surface area contributed by atoms with Gasteiger partial charge in [0.25, 0.3) is 0 Å². The molecule has 1 aliphatic rings. The molecule has 0 spiro atoms. The highest BCUT2D eigenvalue weighted by molar-refractivity contribution is 5.73. The highest BCUT2D eigenvalue weighted by Gasteiger charge is 2.25. The highest BCUT2D eigenvalue weighted by atomic mass is 16.2. The Balaban J connectivity index is 1.46. The van der Waals surface area contributed by atoms with Crippen LogP contribution in [-0.2, 0) is 13.5 Å². The van der Waals surface area contributed by atoms with Crippen LogP contribution in [0.15, 0.2) is 48.7 Å². The van der Waals surface area contributed by atoms with E-state index < -0.39 is 0 Å². The molecular formula is C22H33N5O. The number of aromatic nitrogens is 1. The second-order valence-corrected chi connectivity index (χ2v) is 7.62. The van der Waals surface area contributed by atoms with E-state index >= 15 is 0 Å². The van der Waals surface area contributed by atoms with E-state index in [1.807, 2.05) is 6.07 Å². The number of carbonyl (C=O) groups excluding carboxylic acids is 1. The molecular weight excluding hydrogens is 350 g/mol. The first-order valence-electron chi connectivity index (χ1n) is 10.2. The summed E-state index contributed by atoms with van der Waals surface area (Å²) < 4.78 is 2.16. The van der Waals surface area contributed by atoms with Crippen molar-refractivity contribution in [3.63, 3.8) is 0 Å². The summed E-state index contributed by atoms with van der Waals surface area (Å²) >= 11 is 0. The van der Waals surface area contributed by atoms with Crippen molar-refractivity contribution in [2.24, 2.45) is 7.05 Å². The number of hydrogen-bond donors (Lipinski definition) is 2. The summed E-state index contributed by atoms with van der Waals surface area (Å²) in [4.78, 5) is 17.1. The molecule has 1 fully saturated rings. The summed E-state index contributed by atoms with van der Waals surface area (Å²) in [6, 6.07) is 14.7. The second kappa shape index (κ2) is 10.3. The van der Waals surface area contributed by atoms with Crippen molar-refractivity contribution < 1.29 is 4.79 Å². The molecule has 1 atom stereocenters. The number of likely N-dealkylation sites (N-methyl/N-ethyl adjacent to an activating group) is 1. The van der Waals surface area contributed by atoms with Crippen LogP contribution < -0.4 is 10.6 Å². The van der Waals surface area contributed by atoms with Gasteiger partial charge in [-0.3, -0.25) is 4.90 Å². The molecule has 0 unspecified atom stereocenters. The van der Waals surface area contributed by atoms with Gasteiger partial charge in [-0.25, -0.2) is 4.79 Å². The Morgan fingerprint density at radius 1 is 1.00 bits per heavy atom. The van der Waals surface area contributed by atoms with E-state index in [0.717, 1.165) is 39.0 Å². The van der Waals surface area contributed by atoms with Crippen molar-refractivity contribution in [1.82, 2.24) is 25.0 Å². The van der Waals surface area contributed by atoms with E-state index in [4.69, 9.17) is 0 Å². The van der Waals surface area contributed by atoms with Crippen LogP contribution in [0.1, 0.15) is 23.7 Å². The summed E-state index contributed by atoms with van der Waals surface area (Å²) in [5.74, 6) is 0. The summed E-state index contributed by atoms with van der Waals surface area (Å²) in [5, 5.41) is 6.08. The van der Waals surface area contributed by atoms with E-state index in [-0.39, 0.29) is 12.1 Å². The maximum absolute atomic E-state index is 12.3. The second-order valence-electron chi connectivity index (χ2n) is 7.62. The average molecular weight is 384 g/mol. The number of nitrogens with zero attached hydrogens (tertiary/aromatic N) is 3. The van der Waals surface area contributed by atoms with Gasteiger partial charge in [0.15, 0.2) is 0 Å².